The zero-order valence-electron chi connectivity index (χ0n) is 14.0. The van der Waals surface area contributed by atoms with E-state index in [1.807, 2.05) is 30.7 Å². The maximum Gasteiger partial charge on any atom is 0.159 e. The highest BCUT2D eigenvalue weighted by Gasteiger charge is 2.20. The summed E-state index contributed by atoms with van der Waals surface area (Å²) in [5, 5.41) is 8.08. The minimum absolute atomic E-state index is 0.304. The third kappa shape index (κ3) is 2.77. The molecule has 1 unspecified atom stereocenters. The molecule has 0 bridgehead atoms. The number of fused-ring (bicyclic) bond motifs is 1. The van der Waals surface area contributed by atoms with Gasteiger partial charge in [-0.15, -0.1) is 0 Å². The summed E-state index contributed by atoms with van der Waals surface area (Å²) in [6, 6.07) is 13.0. The molecule has 0 amide bonds. The third-order valence-electron chi connectivity index (χ3n) is 4.57. The Bertz CT molecular complexity index is 868. The largest absolute Gasteiger partial charge is 0.363 e. The van der Waals surface area contributed by atoms with Crippen LogP contribution in [0.4, 0.5) is 5.82 Å². The van der Waals surface area contributed by atoms with Crippen LogP contribution in [0.25, 0.3) is 5.82 Å². The van der Waals surface area contributed by atoms with Crippen LogP contribution in [0.15, 0.2) is 42.7 Å². The summed E-state index contributed by atoms with van der Waals surface area (Å²) in [4.78, 5) is 8.78. The number of rotatable bonds is 3. The average molecular weight is 319 g/mol. The fourth-order valence-electron chi connectivity index (χ4n) is 3.49. The molecule has 4 rings (SSSR count). The molecule has 122 valence electrons. The lowest BCUT2D eigenvalue weighted by Crippen LogP contribution is -2.18. The van der Waals surface area contributed by atoms with Crippen molar-refractivity contribution in [2.75, 3.05) is 5.32 Å². The molecule has 2 heterocycles. The third-order valence-corrected chi connectivity index (χ3v) is 4.57. The van der Waals surface area contributed by atoms with Crippen molar-refractivity contribution in [1.82, 2.24) is 19.7 Å². The number of hydrogen-bond donors (Lipinski definition) is 1. The first-order valence-corrected chi connectivity index (χ1v) is 8.41. The van der Waals surface area contributed by atoms with Crippen molar-refractivity contribution in [1.29, 1.82) is 0 Å². The summed E-state index contributed by atoms with van der Waals surface area (Å²) in [5.74, 6) is 1.64. The lowest BCUT2D eigenvalue weighted by Gasteiger charge is -2.26. The molecule has 0 radical (unpaired) electrons. The molecule has 0 aliphatic heterocycles. The van der Waals surface area contributed by atoms with Gasteiger partial charge in [0.05, 0.1) is 11.7 Å². The second-order valence-corrected chi connectivity index (χ2v) is 6.39. The Morgan fingerprint density at radius 1 is 1.12 bits per heavy atom. The van der Waals surface area contributed by atoms with Crippen molar-refractivity contribution in [2.45, 2.75) is 39.2 Å². The van der Waals surface area contributed by atoms with Crippen molar-refractivity contribution < 1.29 is 0 Å². The van der Waals surface area contributed by atoms with Gasteiger partial charge in [-0.1, -0.05) is 24.3 Å². The maximum atomic E-state index is 4.50. The maximum absolute atomic E-state index is 4.50. The molecule has 5 nitrogen and oxygen atoms in total. The van der Waals surface area contributed by atoms with Crippen molar-refractivity contribution >= 4 is 5.82 Å². The van der Waals surface area contributed by atoms with Gasteiger partial charge >= 0.3 is 0 Å². The number of nitrogens with one attached hydrogen (secondary N) is 1. The van der Waals surface area contributed by atoms with Crippen molar-refractivity contribution in [3.63, 3.8) is 0 Å². The van der Waals surface area contributed by atoms with Crippen molar-refractivity contribution in [3.05, 3.63) is 65.2 Å². The molecule has 0 saturated heterocycles. The van der Waals surface area contributed by atoms with Crippen LogP contribution in [0.3, 0.4) is 0 Å². The SMILES string of the molecule is Cc1cc(C)n(-c2cc(NC3CCCc4ccccc43)ncn2)n1. The summed E-state index contributed by atoms with van der Waals surface area (Å²) in [5.41, 5.74) is 4.88. The van der Waals surface area contributed by atoms with E-state index in [0.717, 1.165) is 35.9 Å². The molecule has 0 saturated carbocycles. The fraction of sp³-hybridized carbons (Fsp3) is 0.316. The second-order valence-electron chi connectivity index (χ2n) is 6.39. The van der Waals surface area contributed by atoms with E-state index in [1.54, 1.807) is 6.33 Å². The van der Waals surface area contributed by atoms with Crippen LogP contribution in [0.1, 0.15) is 41.4 Å². The van der Waals surface area contributed by atoms with Gasteiger partial charge in [0.15, 0.2) is 5.82 Å². The Labute approximate surface area is 141 Å². The van der Waals surface area contributed by atoms with Crippen LogP contribution in [0.2, 0.25) is 0 Å². The molecular formula is C19H21N5. The van der Waals surface area contributed by atoms with Gasteiger partial charge in [-0.05, 0) is 50.3 Å². The van der Waals surface area contributed by atoms with E-state index in [9.17, 15) is 0 Å². The predicted octanol–water partition coefficient (Wildman–Crippen LogP) is 3.77. The Morgan fingerprint density at radius 2 is 2.00 bits per heavy atom. The van der Waals surface area contributed by atoms with E-state index in [2.05, 4.69) is 44.6 Å². The van der Waals surface area contributed by atoms with E-state index >= 15 is 0 Å². The number of aromatic nitrogens is 4. The number of hydrogen-bond acceptors (Lipinski definition) is 4. The summed E-state index contributed by atoms with van der Waals surface area (Å²) >= 11 is 0. The van der Waals surface area contributed by atoms with E-state index in [0.29, 0.717) is 6.04 Å². The highest BCUT2D eigenvalue weighted by Crippen LogP contribution is 2.32. The highest BCUT2D eigenvalue weighted by atomic mass is 15.3. The smallest absolute Gasteiger partial charge is 0.159 e. The molecule has 0 spiro atoms. The van der Waals surface area contributed by atoms with Crippen LogP contribution >= 0.6 is 0 Å². The van der Waals surface area contributed by atoms with E-state index in [1.165, 1.54) is 17.5 Å². The zero-order valence-corrected chi connectivity index (χ0v) is 14.0. The molecule has 1 aliphatic rings. The molecule has 24 heavy (non-hydrogen) atoms. The summed E-state index contributed by atoms with van der Waals surface area (Å²) in [6.45, 7) is 4.02. The summed E-state index contributed by atoms with van der Waals surface area (Å²) < 4.78 is 1.86. The van der Waals surface area contributed by atoms with Crippen LogP contribution in [0.5, 0.6) is 0 Å². The van der Waals surface area contributed by atoms with Gasteiger partial charge in [-0.3, -0.25) is 0 Å². The van der Waals surface area contributed by atoms with Gasteiger partial charge in [0.25, 0.3) is 0 Å². The van der Waals surface area contributed by atoms with Gasteiger partial charge in [0.1, 0.15) is 12.1 Å². The Kier molecular flexibility index (Phi) is 3.76. The molecule has 1 atom stereocenters. The number of benzene rings is 1. The molecule has 2 aromatic heterocycles. The molecular weight excluding hydrogens is 298 g/mol. The Morgan fingerprint density at radius 3 is 2.83 bits per heavy atom. The van der Waals surface area contributed by atoms with Crippen LogP contribution in [-0.2, 0) is 6.42 Å². The first-order chi connectivity index (χ1) is 11.7. The van der Waals surface area contributed by atoms with Gasteiger partial charge in [-0.2, -0.15) is 5.10 Å². The van der Waals surface area contributed by atoms with Crippen LogP contribution in [-0.4, -0.2) is 19.7 Å². The van der Waals surface area contributed by atoms with Crippen LogP contribution < -0.4 is 5.32 Å². The fourth-order valence-corrected chi connectivity index (χ4v) is 3.49. The molecule has 1 aliphatic carbocycles. The van der Waals surface area contributed by atoms with Gasteiger partial charge in [0, 0.05) is 11.8 Å². The van der Waals surface area contributed by atoms with E-state index in [-0.39, 0.29) is 0 Å². The lowest BCUT2D eigenvalue weighted by atomic mass is 9.88. The predicted molar refractivity (Wildman–Crippen MR) is 94.4 cm³/mol. The quantitative estimate of drug-likeness (QED) is 0.798. The highest BCUT2D eigenvalue weighted by molar-refractivity contribution is 5.45. The summed E-state index contributed by atoms with van der Waals surface area (Å²) in [7, 11) is 0. The minimum atomic E-state index is 0.304. The Hall–Kier alpha value is -2.69. The summed E-state index contributed by atoms with van der Waals surface area (Å²) in [6.07, 6.45) is 5.08. The topological polar surface area (TPSA) is 55.6 Å². The number of aryl methyl sites for hydroxylation is 3. The monoisotopic (exact) mass is 319 g/mol. The second kappa shape index (κ2) is 6.07. The van der Waals surface area contributed by atoms with Gasteiger partial charge < -0.3 is 5.32 Å². The van der Waals surface area contributed by atoms with E-state index < -0.39 is 0 Å². The molecule has 1 N–H and O–H groups in total. The first kappa shape index (κ1) is 14.9. The average Bonchev–Trinajstić information content (AvgIpc) is 2.94. The van der Waals surface area contributed by atoms with Gasteiger partial charge in [-0.25, -0.2) is 14.6 Å². The Balaban J connectivity index is 1.63. The van der Waals surface area contributed by atoms with Crippen molar-refractivity contribution in [3.8, 4) is 5.82 Å². The molecule has 0 fully saturated rings. The molecule has 1 aromatic carbocycles. The minimum Gasteiger partial charge on any atom is -0.363 e. The molecule has 3 aromatic rings. The van der Waals surface area contributed by atoms with E-state index in [4.69, 9.17) is 0 Å². The first-order valence-electron chi connectivity index (χ1n) is 8.41. The molecule has 5 heteroatoms. The van der Waals surface area contributed by atoms with Crippen molar-refractivity contribution in [2.24, 2.45) is 0 Å². The lowest BCUT2D eigenvalue weighted by molar-refractivity contribution is 0.598. The normalized spacial score (nSPS) is 16.7. The number of anilines is 1. The van der Waals surface area contributed by atoms with Crippen LogP contribution in [0, 0.1) is 13.8 Å². The zero-order chi connectivity index (χ0) is 16.5. The number of nitrogens with zero attached hydrogens (tertiary/aromatic N) is 4. The van der Waals surface area contributed by atoms with Gasteiger partial charge in [0.2, 0.25) is 0 Å². The standard InChI is InChI=1S/C19H21N5/c1-13-10-14(2)24(23-13)19-11-18(20-12-21-19)22-17-9-5-7-15-6-3-4-8-16(15)17/h3-4,6,8,10-12,17H,5,7,9H2,1-2H3,(H,20,21,22).